The average Bonchev–Trinajstić information content (AvgIpc) is 3.54. The number of nitrogens with zero attached hydrogens (tertiary/aromatic N) is 2. The summed E-state index contributed by atoms with van der Waals surface area (Å²) in [5.41, 5.74) is 1.87. The fourth-order valence-corrected chi connectivity index (χ4v) is 6.63. The van der Waals surface area contributed by atoms with Gasteiger partial charge in [-0.1, -0.05) is 32.0 Å². The van der Waals surface area contributed by atoms with Gasteiger partial charge in [-0.3, -0.25) is 14.6 Å². The molecule has 1 atom stereocenters. The van der Waals surface area contributed by atoms with Crippen molar-refractivity contribution in [3.63, 3.8) is 0 Å². The summed E-state index contributed by atoms with van der Waals surface area (Å²) in [6, 6.07) is 10.4. The number of amides is 3. The maximum Gasteiger partial charge on any atom is 0.325 e. The second-order valence-corrected chi connectivity index (χ2v) is 11.4. The van der Waals surface area contributed by atoms with E-state index in [0.29, 0.717) is 18.9 Å². The Morgan fingerprint density at radius 3 is 2.76 bits per heavy atom. The van der Waals surface area contributed by atoms with E-state index in [1.54, 1.807) is 11.3 Å². The van der Waals surface area contributed by atoms with Crippen LogP contribution in [0.4, 0.5) is 4.79 Å². The molecule has 7 heteroatoms. The zero-order valence-corrected chi connectivity index (χ0v) is 21.0. The fourth-order valence-electron chi connectivity index (χ4n) is 5.93. The first-order valence-corrected chi connectivity index (χ1v) is 13.5. The van der Waals surface area contributed by atoms with Crippen LogP contribution in [-0.4, -0.2) is 53.5 Å². The van der Waals surface area contributed by atoms with Crippen LogP contribution in [0, 0.1) is 11.8 Å². The first kappa shape index (κ1) is 23.4. The Labute approximate surface area is 206 Å². The lowest BCUT2D eigenvalue weighted by atomic mass is 9.73. The van der Waals surface area contributed by atoms with E-state index in [-0.39, 0.29) is 17.9 Å². The first-order valence-electron chi connectivity index (χ1n) is 12.6. The van der Waals surface area contributed by atoms with Gasteiger partial charge in [0.1, 0.15) is 11.3 Å². The van der Waals surface area contributed by atoms with Gasteiger partial charge in [-0.05, 0) is 79.2 Å². The van der Waals surface area contributed by atoms with Crippen molar-refractivity contribution in [2.75, 3.05) is 26.2 Å². The van der Waals surface area contributed by atoms with Gasteiger partial charge in [0.25, 0.3) is 5.91 Å². The second-order valence-electron chi connectivity index (χ2n) is 10.4. The number of imide groups is 1. The number of urea groups is 1. The van der Waals surface area contributed by atoms with E-state index in [0.717, 1.165) is 57.7 Å². The fraction of sp³-hybridized carbons (Fsp3) is 0.556. The van der Waals surface area contributed by atoms with Gasteiger partial charge in [0, 0.05) is 24.4 Å². The molecule has 34 heavy (non-hydrogen) atoms. The number of benzene rings is 1. The molecule has 0 aliphatic carbocycles. The topological polar surface area (TPSA) is 61.9 Å². The van der Waals surface area contributed by atoms with Gasteiger partial charge < -0.3 is 10.1 Å². The summed E-state index contributed by atoms with van der Waals surface area (Å²) in [5.74, 6) is 1.51. The standard InChI is InChI=1S/C27H35N3O3S/c1-19(2)17-27(25(31)30(26(32)28-27)13-9-23-4-3-15-34-23)22-7-11-29(12-8-22)18-20-5-6-24-21(16-20)10-14-33-24/h3-6,15-16,19,22H,7-14,17-18H2,1-2H3,(H,28,32)/t27-/m0/s1. The van der Waals surface area contributed by atoms with Crippen LogP contribution in [0.25, 0.3) is 0 Å². The molecule has 0 spiro atoms. The molecular weight excluding hydrogens is 446 g/mol. The summed E-state index contributed by atoms with van der Waals surface area (Å²) in [4.78, 5) is 31.8. The minimum atomic E-state index is -0.766. The van der Waals surface area contributed by atoms with Gasteiger partial charge in [0.05, 0.1) is 6.61 Å². The van der Waals surface area contributed by atoms with Gasteiger partial charge in [0.2, 0.25) is 0 Å². The minimum absolute atomic E-state index is 0.0140. The Balaban J connectivity index is 1.25. The third-order valence-electron chi connectivity index (χ3n) is 7.54. The summed E-state index contributed by atoms with van der Waals surface area (Å²) in [5, 5.41) is 5.24. The van der Waals surface area contributed by atoms with Crippen LogP contribution in [0.2, 0.25) is 0 Å². The molecule has 0 saturated carbocycles. The molecule has 0 unspecified atom stereocenters. The predicted molar refractivity (Wildman–Crippen MR) is 134 cm³/mol. The van der Waals surface area contributed by atoms with Crippen LogP contribution in [0.3, 0.4) is 0 Å². The monoisotopic (exact) mass is 481 g/mol. The molecule has 1 aromatic carbocycles. The second kappa shape index (κ2) is 9.70. The van der Waals surface area contributed by atoms with Crippen molar-refractivity contribution in [1.82, 2.24) is 15.1 Å². The Hall–Kier alpha value is -2.38. The van der Waals surface area contributed by atoms with Gasteiger partial charge in [0.15, 0.2) is 0 Å². The summed E-state index contributed by atoms with van der Waals surface area (Å²) in [6.07, 6.45) is 4.26. The Morgan fingerprint density at radius 1 is 1.21 bits per heavy atom. The molecule has 2 aromatic rings. The van der Waals surface area contributed by atoms with E-state index in [2.05, 4.69) is 48.3 Å². The lowest BCUT2D eigenvalue weighted by Gasteiger charge is -2.41. The number of ether oxygens (including phenoxy) is 1. The molecule has 3 aliphatic heterocycles. The van der Waals surface area contributed by atoms with Crippen molar-refractivity contribution in [3.8, 4) is 5.75 Å². The number of fused-ring (bicyclic) bond motifs is 1. The summed E-state index contributed by atoms with van der Waals surface area (Å²) in [6.45, 7) is 8.32. The molecule has 6 nitrogen and oxygen atoms in total. The van der Waals surface area contributed by atoms with Crippen LogP contribution < -0.4 is 10.1 Å². The van der Waals surface area contributed by atoms with Crippen molar-refractivity contribution in [3.05, 3.63) is 51.7 Å². The molecule has 2 saturated heterocycles. The molecule has 1 N–H and O–H groups in total. The third kappa shape index (κ3) is 4.60. The summed E-state index contributed by atoms with van der Waals surface area (Å²) in [7, 11) is 0. The van der Waals surface area contributed by atoms with E-state index >= 15 is 0 Å². The van der Waals surface area contributed by atoms with Crippen molar-refractivity contribution in [2.45, 2.75) is 58.0 Å². The van der Waals surface area contributed by atoms with Crippen LogP contribution in [0.5, 0.6) is 5.75 Å². The van der Waals surface area contributed by atoms with Crippen molar-refractivity contribution in [1.29, 1.82) is 0 Å². The quantitative estimate of drug-likeness (QED) is 0.565. The highest BCUT2D eigenvalue weighted by Gasteiger charge is 2.55. The lowest BCUT2D eigenvalue weighted by Crippen LogP contribution is -2.56. The molecule has 0 bridgehead atoms. The number of nitrogens with one attached hydrogen (secondary N) is 1. The zero-order valence-electron chi connectivity index (χ0n) is 20.2. The summed E-state index contributed by atoms with van der Waals surface area (Å²) < 4.78 is 5.64. The van der Waals surface area contributed by atoms with Crippen LogP contribution >= 0.6 is 11.3 Å². The highest BCUT2D eigenvalue weighted by molar-refractivity contribution is 7.09. The molecule has 2 fully saturated rings. The summed E-state index contributed by atoms with van der Waals surface area (Å²) >= 11 is 1.67. The molecule has 3 amide bonds. The maximum atomic E-state index is 13.7. The Morgan fingerprint density at radius 2 is 2.03 bits per heavy atom. The number of likely N-dealkylation sites (tertiary alicyclic amines) is 1. The van der Waals surface area contributed by atoms with Gasteiger partial charge in [-0.15, -0.1) is 11.3 Å². The number of hydrogen-bond acceptors (Lipinski definition) is 5. The lowest BCUT2D eigenvalue weighted by molar-refractivity contribution is -0.134. The van der Waals surface area contributed by atoms with E-state index in [9.17, 15) is 9.59 Å². The van der Waals surface area contributed by atoms with E-state index in [1.807, 2.05) is 11.4 Å². The normalized spacial score (nSPS) is 23.4. The van der Waals surface area contributed by atoms with Gasteiger partial charge in [-0.25, -0.2) is 4.79 Å². The van der Waals surface area contributed by atoms with E-state index < -0.39 is 5.54 Å². The largest absolute Gasteiger partial charge is 0.493 e. The first-order chi connectivity index (χ1) is 16.4. The molecule has 1 aromatic heterocycles. The molecule has 182 valence electrons. The Kier molecular flexibility index (Phi) is 6.67. The van der Waals surface area contributed by atoms with Gasteiger partial charge >= 0.3 is 6.03 Å². The molecule has 4 heterocycles. The van der Waals surface area contributed by atoms with Crippen molar-refractivity contribution < 1.29 is 14.3 Å². The highest BCUT2D eigenvalue weighted by atomic mass is 32.1. The zero-order chi connectivity index (χ0) is 23.7. The molecule has 5 rings (SSSR count). The van der Waals surface area contributed by atoms with Crippen molar-refractivity contribution in [2.24, 2.45) is 11.8 Å². The number of hydrogen-bond donors (Lipinski definition) is 1. The third-order valence-corrected chi connectivity index (χ3v) is 8.47. The van der Waals surface area contributed by atoms with Crippen LogP contribution in [0.1, 0.15) is 49.1 Å². The number of carbonyl (C=O) groups is 2. The van der Waals surface area contributed by atoms with Crippen molar-refractivity contribution >= 4 is 23.3 Å². The molecule has 0 radical (unpaired) electrons. The van der Waals surface area contributed by atoms with E-state index in [1.165, 1.54) is 20.9 Å². The SMILES string of the molecule is CC(C)C[C@@]1(C2CCN(Cc3ccc4c(c3)CCO4)CC2)NC(=O)N(CCc2cccs2)C1=O. The number of carbonyl (C=O) groups excluding carboxylic acids is 2. The van der Waals surface area contributed by atoms with E-state index in [4.69, 9.17) is 4.74 Å². The number of thiophene rings is 1. The molecule has 3 aliphatic rings. The van der Waals surface area contributed by atoms with Crippen LogP contribution in [-0.2, 0) is 24.2 Å². The average molecular weight is 482 g/mol. The van der Waals surface area contributed by atoms with Gasteiger partial charge in [-0.2, -0.15) is 0 Å². The predicted octanol–water partition coefficient (Wildman–Crippen LogP) is 4.47. The maximum absolute atomic E-state index is 13.7. The smallest absolute Gasteiger partial charge is 0.325 e. The Bertz CT molecular complexity index is 1030. The number of piperidine rings is 1. The minimum Gasteiger partial charge on any atom is -0.493 e. The van der Waals surface area contributed by atoms with Crippen LogP contribution in [0.15, 0.2) is 35.7 Å². The molecular formula is C27H35N3O3S. The highest BCUT2D eigenvalue weighted by Crippen LogP contribution is 2.38. The number of rotatable bonds is 8.